The van der Waals surface area contributed by atoms with Crippen molar-refractivity contribution in [3.8, 4) is 6.07 Å². The number of hydrogen-bond donors (Lipinski definition) is 0. The van der Waals surface area contributed by atoms with Crippen molar-refractivity contribution in [1.82, 2.24) is 40.4 Å². The molecular formula is C30H47N9O6. The molecule has 0 aromatic carbocycles. The minimum absolute atomic E-state index is 0.207. The molecule has 2 aromatic rings. The summed E-state index contributed by atoms with van der Waals surface area (Å²) in [6.45, 7) is 15.7. The summed E-state index contributed by atoms with van der Waals surface area (Å²) in [6, 6.07) is 1.75. The Morgan fingerprint density at radius 1 is 0.667 bits per heavy atom. The molecule has 0 N–H and O–H groups in total. The van der Waals surface area contributed by atoms with Crippen LogP contribution in [0.25, 0.3) is 0 Å². The summed E-state index contributed by atoms with van der Waals surface area (Å²) in [4.78, 5) is 23.4. The minimum atomic E-state index is -0.609. The summed E-state index contributed by atoms with van der Waals surface area (Å²) >= 11 is 0. The van der Waals surface area contributed by atoms with Crippen LogP contribution in [0.3, 0.4) is 0 Å². The zero-order valence-corrected chi connectivity index (χ0v) is 27.7. The van der Waals surface area contributed by atoms with Crippen molar-refractivity contribution in [2.75, 3.05) is 26.4 Å². The van der Waals surface area contributed by atoms with E-state index in [-0.39, 0.29) is 17.1 Å². The van der Waals surface area contributed by atoms with Gasteiger partial charge in [-0.25, -0.2) is 9.36 Å². The van der Waals surface area contributed by atoms with Gasteiger partial charge in [0.05, 0.1) is 37.9 Å². The van der Waals surface area contributed by atoms with E-state index in [1.165, 1.54) is 6.92 Å². The molecule has 1 aliphatic carbocycles. The van der Waals surface area contributed by atoms with E-state index in [0.717, 1.165) is 56.6 Å². The second kappa shape index (κ2) is 13.7. The number of hydrogen-bond acceptors (Lipinski definition) is 13. The van der Waals surface area contributed by atoms with Gasteiger partial charge in [0.2, 0.25) is 0 Å². The lowest BCUT2D eigenvalue weighted by Crippen LogP contribution is -2.53. The van der Waals surface area contributed by atoms with E-state index < -0.39 is 22.5 Å². The Morgan fingerprint density at radius 2 is 1.11 bits per heavy atom. The molecule has 1 saturated carbocycles. The molecule has 3 fully saturated rings. The number of carbonyl (C=O) groups is 2. The van der Waals surface area contributed by atoms with Gasteiger partial charge in [-0.05, 0) is 81.7 Å². The third-order valence-electron chi connectivity index (χ3n) is 9.52. The smallest absolute Gasteiger partial charge is 0.193 e. The predicted octanol–water partition coefficient (Wildman–Crippen LogP) is 2.84. The number of fused-ring (bicyclic) bond motifs is 2. The van der Waals surface area contributed by atoms with Gasteiger partial charge in [-0.2, -0.15) is 5.26 Å². The highest BCUT2D eigenvalue weighted by atomic mass is 16.7. The fourth-order valence-electron chi connectivity index (χ4n) is 6.60. The van der Waals surface area contributed by atoms with Gasteiger partial charge < -0.3 is 18.9 Å². The topological polar surface area (TPSA) is 182 Å². The van der Waals surface area contributed by atoms with E-state index >= 15 is 0 Å². The monoisotopic (exact) mass is 629 g/mol. The third kappa shape index (κ3) is 6.56. The first-order valence-corrected chi connectivity index (χ1v) is 15.8. The van der Waals surface area contributed by atoms with E-state index in [1.54, 1.807) is 10.8 Å². The van der Waals surface area contributed by atoms with Crippen molar-refractivity contribution < 1.29 is 28.5 Å². The number of aromatic nitrogens is 8. The molecular weight excluding hydrogens is 582 g/mol. The zero-order valence-electron chi connectivity index (χ0n) is 27.7. The molecule has 0 unspecified atom stereocenters. The number of nitriles is 1. The number of Topliss-reactive ketones (excluding diaryl/α,β-unsaturated/α-hetero) is 2. The van der Waals surface area contributed by atoms with Crippen LogP contribution in [-0.2, 0) is 52.5 Å². The largest absolute Gasteiger partial charge is 0.347 e. The number of aryl methyl sites for hydroxylation is 2. The van der Waals surface area contributed by atoms with E-state index in [4.69, 9.17) is 24.2 Å². The molecule has 2 spiro atoms. The Hall–Kier alpha value is -3.19. The molecule has 0 radical (unpaired) electrons. The number of ether oxygens (including phenoxy) is 4. The van der Waals surface area contributed by atoms with Crippen LogP contribution in [0, 0.1) is 16.7 Å². The zero-order chi connectivity index (χ0) is 32.9. The van der Waals surface area contributed by atoms with Crippen LogP contribution in [0.15, 0.2) is 0 Å². The summed E-state index contributed by atoms with van der Waals surface area (Å²) in [5, 5.41) is 30.5. The lowest BCUT2D eigenvalue weighted by molar-refractivity contribution is -0.236. The molecule has 7 rings (SSSR count). The van der Waals surface area contributed by atoms with E-state index in [0.29, 0.717) is 39.3 Å². The molecule has 0 bridgehead atoms. The van der Waals surface area contributed by atoms with Crippen molar-refractivity contribution in [2.24, 2.45) is 5.41 Å². The molecule has 6 heterocycles. The van der Waals surface area contributed by atoms with E-state index in [2.05, 4.69) is 44.9 Å². The summed E-state index contributed by atoms with van der Waals surface area (Å²) in [5.41, 5.74) is -1.41. The molecule has 5 aliphatic rings. The minimum Gasteiger partial charge on any atom is -0.347 e. The second-order valence-corrected chi connectivity index (χ2v) is 13.3. The molecule has 2 aromatic heterocycles. The number of nitrogens with zero attached hydrogens (tertiary/aromatic N) is 9. The maximum Gasteiger partial charge on any atom is 0.193 e. The van der Waals surface area contributed by atoms with Gasteiger partial charge in [0.25, 0.3) is 0 Å². The van der Waals surface area contributed by atoms with Gasteiger partial charge in [-0.1, -0.05) is 0 Å². The van der Waals surface area contributed by atoms with Crippen LogP contribution in [-0.4, -0.2) is 90.0 Å². The third-order valence-corrected chi connectivity index (χ3v) is 9.52. The van der Waals surface area contributed by atoms with Gasteiger partial charge in [0, 0.05) is 45.4 Å². The molecule has 45 heavy (non-hydrogen) atoms. The van der Waals surface area contributed by atoms with Crippen LogP contribution in [0.1, 0.15) is 105 Å². The van der Waals surface area contributed by atoms with Crippen LogP contribution < -0.4 is 0 Å². The molecule has 0 amide bonds. The van der Waals surface area contributed by atoms with Crippen molar-refractivity contribution >= 4 is 11.6 Å². The standard InChI is InChI=1S/C10H16N4O2.C10H16O3.C8H12N4O.C2H3N/c1-9(2)10(15-6-7-16-10)5-3-4-8-11-12-13-14(8)9;1-9(2)8(11)4-3-5-10(9)12-6-7-13-10;1-8(2)6(13)4-3-5-7-9-10-11-12(7)8;1-2-3/h3-7H2,1-2H3;3-7H2,1-2H3;3-5H2,1-2H3;1H3. The van der Waals surface area contributed by atoms with Gasteiger partial charge in [0.15, 0.2) is 29.0 Å². The summed E-state index contributed by atoms with van der Waals surface area (Å²) in [6.07, 6.45) is 7.41. The number of ketones is 2. The highest BCUT2D eigenvalue weighted by Crippen LogP contribution is 2.47. The van der Waals surface area contributed by atoms with E-state index in [1.807, 2.05) is 32.4 Å². The quantitative estimate of drug-likeness (QED) is 0.415. The van der Waals surface area contributed by atoms with E-state index in [9.17, 15) is 9.59 Å². The summed E-state index contributed by atoms with van der Waals surface area (Å²) in [5.74, 6) is 1.03. The van der Waals surface area contributed by atoms with Gasteiger partial charge in [-0.15, -0.1) is 10.2 Å². The number of carbonyl (C=O) groups excluding carboxylic acids is 2. The first-order valence-electron chi connectivity index (χ1n) is 15.8. The maximum atomic E-state index is 11.7. The summed E-state index contributed by atoms with van der Waals surface area (Å²) < 4.78 is 26.5. The van der Waals surface area contributed by atoms with Gasteiger partial charge >= 0.3 is 0 Å². The highest BCUT2D eigenvalue weighted by Gasteiger charge is 2.56. The van der Waals surface area contributed by atoms with Gasteiger partial charge in [0.1, 0.15) is 16.9 Å². The molecule has 0 atom stereocenters. The average Bonchev–Trinajstić information content (AvgIpc) is 3.80. The van der Waals surface area contributed by atoms with Crippen molar-refractivity contribution in [3.05, 3.63) is 11.6 Å². The van der Waals surface area contributed by atoms with Crippen molar-refractivity contribution in [1.29, 1.82) is 5.26 Å². The lowest BCUT2D eigenvalue weighted by Gasteiger charge is -2.44. The fourth-order valence-corrected chi connectivity index (χ4v) is 6.60. The van der Waals surface area contributed by atoms with Crippen LogP contribution in [0.5, 0.6) is 0 Å². The fraction of sp³-hybridized carbons (Fsp3) is 0.833. The maximum absolute atomic E-state index is 11.7. The van der Waals surface area contributed by atoms with Crippen LogP contribution >= 0.6 is 0 Å². The average molecular weight is 630 g/mol. The Morgan fingerprint density at radius 3 is 1.71 bits per heavy atom. The Labute approximate surface area is 264 Å². The Kier molecular flexibility index (Phi) is 10.5. The Balaban J connectivity index is 0.000000148. The predicted molar refractivity (Wildman–Crippen MR) is 158 cm³/mol. The van der Waals surface area contributed by atoms with Crippen molar-refractivity contribution in [2.45, 2.75) is 129 Å². The SMILES string of the molecule is CC#N.CC1(C)C(=O)CCCC12OCCO2.CC1(C)C(=O)CCCc2nnnn21.CC1(C)n2nnnc2CCCC12OCCO2. The van der Waals surface area contributed by atoms with Crippen molar-refractivity contribution in [3.63, 3.8) is 0 Å². The lowest BCUT2D eigenvalue weighted by atomic mass is 9.71. The first-order chi connectivity index (χ1) is 21.3. The molecule has 248 valence electrons. The molecule has 4 aliphatic heterocycles. The highest BCUT2D eigenvalue weighted by molar-refractivity contribution is 5.86. The normalized spacial score (nSPS) is 24.7. The van der Waals surface area contributed by atoms with Gasteiger partial charge in [-0.3, -0.25) is 9.59 Å². The summed E-state index contributed by atoms with van der Waals surface area (Å²) in [7, 11) is 0. The Bertz CT molecular complexity index is 1360. The van der Waals surface area contributed by atoms with Crippen LogP contribution in [0.2, 0.25) is 0 Å². The molecule has 2 saturated heterocycles. The number of tetrazole rings is 2. The second-order valence-electron chi connectivity index (χ2n) is 13.3. The van der Waals surface area contributed by atoms with Crippen LogP contribution in [0.4, 0.5) is 0 Å². The first kappa shape index (κ1) is 34.7. The molecule has 15 nitrogen and oxygen atoms in total. The molecule has 15 heteroatoms. The number of rotatable bonds is 0.